The molecular formula is C14H15BrClN5. The molecule has 5 nitrogen and oxygen atoms in total. The van der Waals surface area contributed by atoms with Crippen LogP contribution in [-0.4, -0.2) is 31.1 Å². The fourth-order valence-corrected chi connectivity index (χ4v) is 5.23. The van der Waals surface area contributed by atoms with Crippen molar-refractivity contribution < 1.29 is 0 Å². The minimum absolute atomic E-state index is 0.0337. The fourth-order valence-electron chi connectivity index (χ4n) is 3.79. The van der Waals surface area contributed by atoms with E-state index in [1.54, 1.807) is 18.9 Å². The van der Waals surface area contributed by atoms with Gasteiger partial charge in [-0.15, -0.1) is 0 Å². The summed E-state index contributed by atoms with van der Waals surface area (Å²) in [6, 6.07) is 1.89. The lowest BCUT2D eigenvalue weighted by atomic mass is 9.80. The van der Waals surface area contributed by atoms with Crippen molar-refractivity contribution in [3.63, 3.8) is 0 Å². The Balaban J connectivity index is 1.65. The second-order valence-electron chi connectivity index (χ2n) is 5.92. The van der Waals surface area contributed by atoms with E-state index in [9.17, 15) is 0 Å². The van der Waals surface area contributed by atoms with E-state index in [2.05, 4.69) is 36.3 Å². The fraction of sp³-hybridized carbons (Fsp3) is 0.500. The predicted octanol–water partition coefficient (Wildman–Crippen LogP) is 2.86. The maximum Gasteiger partial charge on any atom is 0.137 e. The normalized spacial score (nSPS) is 30.6. The Morgan fingerprint density at radius 1 is 1.52 bits per heavy atom. The molecule has 21 heavy (non-hydrogen) atoms. The first-order chi connectivity index (χ1) is 10.2. The van der Waals surface area contributed by atoms with Gasteiger partial charge in [-0.2, -0.15) is 5.10 Å². The van der Waals surface area contributed by atoms with Crippen molar-refractivity contribution in [2.24, 2.45) is 5.92 Å². The lowest BCUT2D eigenvalue weighted by Gasteiger charge is -2.28. The molecule has 2 aromatic rings. The molecule has 1 aliphatic heterocycles. The van der Waals surface area contributed by atoms with Crippen LogP contribution in [0.5, 0.6) is 0 Å². The van der Waals surface area contributed by atoms with Crippen molar-refractivity contribution in [3.8, 4) is 0 Å². The molecule has 3 unspecified atom stereocenters. The molecule has 3 heterocycles. The Morgan fingerprint density at radius 2 is 2.43 bits per heavy atom. The zero-order valence-electron chi connectivity index (χ0n) is 11.3. The number of rotatable bonds is 2. The summed E-state index contributed by atoms with van der Waals surface area (Å²) in [4.78, 5) is 8.85. The van der Waals surface area contributed by atoms with Crippen LogP contribution in [0.4, 0.5) is 5.82 Å². The summed E-state index contributed by atoms with van der Waals surface area (Å²) in [6.45, 7) is 1.79. The third-order valence-corrected chi connectivity index (χ3v) is 6.24. The van der Waals surface area contributed by atoms with Crippen molar-refractivity contribution in [3.05, 3.63) is 35.5 Å². The van der Waals surface area contributed by atoms with Gasteiger partial charge in [0.15, 0.2) is 0 Å². The Kier molecular flexibility index (Phi) is 3.19. The molecule has 0 amide bonds. The molecule has 4 rings (SSSR count). The predicted molar refractivity (Wildman–Crippen MR) is 84.9 cm³/mol. The average Bonchev–Trinajstić information content (AvgIpc) is 3.14. The van der Waals surface area contributed by atoms with Crippen molar-refractivity contribution in [2.45, 2.75) is 29.6 Å². The van der Waals surface area contributed by atoms with Crippen molar-refractivity contribution in [2.75, 3.05) is 11.9 Å². The summed E-state index contributed by atoms with van der Waals surface area (Å²) in [7, 11) is 0. The quantitative estimate of drug-likeness (QED) is 0.828. The van der Waals surface area contributed by atoms with Gasteiger partial charge >= 0.3 is 0 Å². The summed E-state index contributed by atoms with van der Waals surface area (Å²) < 4.78 is 1.91. The largest absolute Gasteiger partial charge is 0.369 e. The summed E-state index contributed by atoms with van der Waals surface area (Å²) in [6.07, 6.45) is 7.31. The van der Waals surface area contributed by atoms with E-state index in [-0.39, 0.29) is 5.41 Å². The third kappa shape index (κ3) is 2.07. The molecule has 1 spiro atoms. The molecule has 1 saturated carbocycles. The van der Waals surface area contributed by atoms with Crippen LogP contribution in [0.25, 0.3) is 0 Å². The van der Waals surface area contributed by atoms with Crippen LogP contribution in [0.1, 0.15) is 18.4 Å². The maximum absolute atomic E-state index is 6.47. The topological polar surface area (TPSA) is 55.6 Å². The van der Waals surface area contributed by atoms with E-state index in [0.29, 0.717) is 10.7 Å². The van der Waals surface area contributed by atoms with E-state index in [1.807, 2.05) is 10.7 Å². The van der Waals surface area contributed by atoms with Gasteiger partial charge in [-0.3, -0.25) is 4.68 Å². The number of nitrogens with one attached hydrogen (secondary N) is 1. The summed E-state index contributed by atoms with van der Waals surface area (Å²) in [5.74, 6) is 1.49. The molecule has 2 aromatic heterocycles. The van der Waals surface area contributed by atoms with Crippen LogP contribution in [0.3, 0.4) is 0 Å². The number of hydrogen-bond donors (Lipinski definition) is 1. The van der Waals surface area contributed by atoms with Gasteiger partial charge in [-0.05, 0) is 24.8 Å². The van der Waals surface area contributed by atoms with Gasteiger partial charge in [-0.25, -0.2) is 9.97 Å². The van der Waals surface area contributed by atoms with Crippen LogP contribution in [0.15, 0.2) is 24.9 Å². The molecular weight excluding hydrogens is 354 g/mol. The number of nitrogens with zero attached hydrogens (tertiary/aromatic N) is 4. The van der Waals surface area contributed by atoms with E-state index in [4.69, 9.17) is 11.6 Å². The smallest absolute Gasteiger partial charge is 0.137 e. The zero-order valence-corrected chi connectivity index (χ0v) is 13.7. The second kappa shape index (κ2) is 4.95. The molecule has 3 atom stereocenters. The minimum atomic E-state index is 0.0337. The highest BCUT2D eigenvalue weighted by atomic mass is 79.9. The number of anilines is 1. The molecule has 0 saturated heterocycles. The highest BCUT2D eigenvalue weighted by Gasteiger charge is 2.52. The van der Waals surface area contributed by atoms with E-state index in [0.717, 1.165) is 36.8 Å². The molecule has 0 bridgehead atoms. The molecule has 2 aliphatic rings. The highest BCUT2D eigenvalue weighted by molar-refractivity contribution is 9.09. The van der Waals surface area contributed by atoms with E-state index in [1.165, 1.54) is 5.56 Å². The van der Waals surface area contributed by atoms with Crippen LogP contribution < -0.4 is 5.32 Å². The molecule has 0 radical (unpaired) electrons. The highest BCUT2D eigenvalue weighted by Crippen LogP contribution is 2.54. The molecule has 1 N–H and O–H groups in total. The standard InChI is InChI=1S/C14H15BrClN5/c15-11-3-9(5-21-8-17-7-20-21)4-14(11)6-19-13-12(14)10(16)1-2-18-13/h1-2,7-9,11H,3-6H2,(H,18,19). The van der Waals surface area contributed by atoms with Crippen LogP contribution in [0.2, 0.25) is 5.02 Å². The Morgan fingerprint density at radius 3 is 3.24 bits per heavy atom. The summed E-state index contributed by atoms with van der Waals surface area (Å²) in [5.41, 5.74) is 1.21. The number of halogens is 2. The summed E-state index contributed by atoms with van der Waals surface area (Å²) in [5, 5.41) is 8.46. The van der Waals surface area contributed by atoms with Crippen molar-refractivity contribution in [1.82, 2.24) is 19.7 Å². The number of pyridine rings is 1. The van der Waals surface area contributed by atoms with Gasteiger partial charge in [0, 0.05) is 40.1 Å². The Hall–Kier alpha value is -1.14. The van der Waals surface area contributed by atoms with E-state index < -0.39 is 0 Å². The van der Waals surface area contributed by atoms with Gasteiger partial charge in [-0.1, -0.05) is 27.5 Å². The maximum atomic E-state index is 6.47. The van der Waals surface area contributed by atoms with E-state index >= 15 is 0 Å². The SMILES string of the molecule is Clc1ccnc2c1C1(CN2)CC(Cn2cncn2)CC1Br. The molecule has 1 fully saturated rings. The van der Waals surface area contributed by atoms with Gasteiger partial charge in [0.1, 0.15) is 18.5 Å². The molecule has 1 aliphatic carbocycles. The van der Waals surface area contributed by atoms with Crippen molar-refractivity contribution >= 4 is 33.3 Å². The first-order valence-electron chi connectivity index (χ1n) is 7.04. The zero-order chi connectivity index (χ0) is 14.4. The molecule has 0 aromatic carbocycles. The van der Waals surface area contributed by atoms with Crippen LogP contribution >= 0.6 is 27.5 Å². The summed E-state index contributed by atoms with van der Waals surface area (Å²) >= 11 is 10.4. The number of alkyl halides is 1. The van der Waals surface area contributed by atoms with Gasteiger partial charge in [0.2, 0.25) is 0 Å². The minimum Gasteiger partial charge on any atom is -0.369 e. The van der Waals surface area contributed by atoms with Crippen LogP contribution in [0, 0.1) is 5.92 Å². The first-order valence-corrected chi connectivity index (χ1v) is 8.34. The van der Waals surface area contributed by atoms with Crippen LogP contribution in [-0.2, 0) is 12.0 Å². The lowest BCUT2D eigenvalue weighted by Crippen LogP contribution is -2.33. The van der Waals surface area contributed by atoms with Gasteiger partial charge in [0.25, 0.3) is 0 Å². The lowest BCUT2D eigenvalue weighted by molar-refractivity contribution is 0.395. The monoisotopic (exact) mass is 367 g/mol. The third-order valence-electron chi connectivity index (χ3n) is 4.67. The molecule has 7 heteroatoms. The first kappa shape index (κ1) is 13.5. The average molecular weight is 369 g/mol. The number of aromatic nitrogens is 4. The van der Waals surface area contributed by atoms with Gasteiger partial charge < -0.3 is 5.32 Å². The number of fused-ring (bicyclic) bond motifs is 2. The van der Waals surface area contributed by atoms with Gasteiger partial charge in [0.05, 0.1) is 0 Å². The van der Waals surface area contributed by atoms with Crippen molar-refractivity contribution in [1.29, 1.82) is 0 Å². The number of hydrogen-bond acceptors (Lipinski definition) is 4. The molecule has 110 valence electrons. The second-order valence-corrected chi connectivity index (χ2v) is 7.43. The Labute approximate surface area is 136 Å². The Bertz CT molecular complexity index is 661.